The van der Waals surface area contributed by atoms with Crippen molar-refractivity contribution in [2.24, 2.45) is 0 Å². The maximum Gasteiger partial charge on any atom is 0.330 e. The van der Waals surface area contributed by atoms with E-state index in [9.17, 15) is 4.79 Å². The molecule has 0 aliphatic carbocycles. The van der Waals surface area contributed by atoms with Gasteiger partial charge in [0.1, 0.15) is 0 Å². The second kappa shape index (κ2) is 4.44. The molecule has 0 aromatic rings. The van der Waals surface area contributed by atoms with Crippen molar-refractivity contribution >= 4 is 17.7 Å². The zero-order chi connectivity index (χ0) is 8.91. The molecule has 0 aliphatic rings. The monoisotopic (exact) mass is 174 g/mol. The van der Waals surface area contributed by atoms with Gasteiger partial charge in [0, 0.05) is 10.8 Å². The lowest BCUT2D eigenvalue weighted by atomic mass is 10.3. The summed E-state index contributed by atoms with van der Waals surface area (Å²) < 4.78 is 4.58. The molecule has 0 heterocycles. The molecule has 2 nitrogen and oxygen atoms in total. The predicted molar refractivity (Wildman–Crippen MR) is 48.5 cm³/mol. The smallest absolute Gasteiger partial charge is 0.330 e. The molecule has 0 amide bonds. The number of carbonyl (C=O) groups excluding carboxylic acids is 1. The molecule has 0 aliphatic heterocycles. The maximum absolute atomic E-state index is 10.6. The SMILES string of the molecule is COC(=O)C=CSC(C)(C)C. The van der Waals surface area contributed by atoms with E-state index in [1.165, 1.54) is 13.2 Å². The van der Waals surface area contributed by atoms with E-state index < -0.39 is 0 Å². The molecule has 0 N–H and O–H groups in total. The minimum Gasteiger partial charge on any atom is -0.466 e. The van der Waals surface area contributed by atoms with Gasteiger partial charge in [-0.15, -0.1) is 11.8 Å². The second-order valence-electron chi connectivity index (χ2n) is 3.06. The highest BCUT2D eigenvalue weighted by atomic mass is 32.2. The van der Waals surface area contributed by atoms with Crippen LogP contribution in [-0.4, -0.2) is 17.8 Å². The quantitative estimate of drug-likeness (QED) is 0.474. The van der Waals surface area contributed by atoms with Gasteiger partial charge in [-0.1, -0.05) is 20.8 Å². The Hall–Kier alpha value is -0.440. The summed E-state index contributed by atoms with van der Waals surface area (Å²) in [6.07, 6.45) is 1.43. The summed E-state index contributed by atoms with van der Waals surface area (Å²) in [6, 6.07) is 0. The van der Waals surface area contributed by atoms with Gasteiger partial charge in [-0.2, -0.15) is 0 Å². The van der Waals surface area contributed by atoms with Crippen LogP contribution in [0.25, 0.3) is 0 Å². The zero-order valence-corrected chi connectivity index (χ0v) is 8.20. The van der Waals surface area contributed by atoms with Crippen molar-refractivity contribution in [2.45, 2.75) is 25.5 Å². The summed E-state index contributed by atoms with van der Waals surface area (Å²) in [6.45, 7) is 6.25. The fourth-order valence-corrected chi connectivity index (χ4v) is 0.949. The largest absolute Gasteiger partial charge is 0.466 e. The number of hydrogen-bond donors (Lipinski definition) is 0. The number of hydrogen-bond acceptors (Lipinski definition) is 3. The lowest BCUT2D eigenvalue weighted by molar-refractivity contribution is -0.134. The van der Waals surface area contributed by atoms with Crippen LogP contribution in [0.15, 0.2) is 11.5 Å². The summed E-state index contributed by atoms with van der Waals surface area (Å²) in [4.78, 5) is 10.6. The van der Waals surface area contributed by atoms with Crippen molar-refractivity contribution in [2.75, 3.05) is 7.11 Å². The van der Waals surface area contributed by atoms with Gasteiger partial charge in [0.05, 0.1) is 7.11 Å². The summed E-state index contributed by atoms with van der Waals surface area (Å²) in [5, 5.41) is 1.76. The first-order valence-electron chi connectivity index (χ1n) is 3.38. The van der Waals surface area contributed by atoms with Gasteiger partial charge in [-0.05, 0) is 5.41 Å². The minimum absolute atomic E-state index is 0.157. The van der Waals surface area contributed by atoms with Crippen LogP contribution in [0, 0.1) is 0 Å². The molecule has 0 rings (SSSR count). The Bertz CT molecular complexity index is 156. The van der Waals surface area contributed by atoms with Crippen LogP contribution in [-0.2, 0) is 9.53 Å². The molecule has 64 valence electrons. The van der Waals surface area contributed by atoms with E-state index in [0.29, 0.717) is 0 Å². The number of esters is 1. The van der Waals surface area contributed by atoms with Gasteiger partial charge in [-0.3, -0.25) is 0 Å². The molecule has 0 bridgehead atoms. The molecular formula is C8H14O2S. The van der Waals surface area contributed by atoms with Gasteiger partial charge < -0.3 is 4.74 Å². The number of thioether (sulfide) groups is 1. The number of carbonyl (C=O) groups is 1. The van der Waals surface area contributed by atoms with Crippen LogP contribution in [0.4, 0.5) is 0 Å². The lowest BCUT2D eigenvalue weighted by Crippen LogP contribution is -2.05. The minimum atomic E-state index is -0.304. The van der Waals surface area contributed by atoms with Crippen molar-refractivity contribution in [3.05, 3.63) is 11.5 Å². The highest BCUT2D eigenvalue weighted by Gasteiger charge is 2.07. The number of rotatable bonds is 2. The highest BCUT2D eigenvalue weighted by Crippen LogP contribution is 2.23. The Kier molecular flexibility index (Phi) is 4.26. The van der Waals surface area contributed by atoms with Gasteiger partial charge in [0.15, 0.2) is 0 Å². The predicted octanol–water partition coefficient (Wildman–Crippen LogP) is 2.20. The fourth-order valence-electron chi connectivity index (χ4n) is 0.362. The van der Waals surface area contributed by atoms with Gasteiger partial charge in [-0.25, -0.2) is 4.79 Å². The second-order valence-corrected chi connectivity index (χ2v) is 4.79. The third kappa shape index (κ3) is 7.46. The Balaban J connectivity index is 3.70. The van der Waals surface area contributed by atoms with Crippen LogP contribution in [0.5, 0.6) is 0 Å². The third-order valence-corrected chi connectivity index (χ3v) is 1.81. The highest BCUT2D eigenvalue weighted by molar-refractivity contribution is 8.03. The average molecular weight is 174 g/mol. The van der Waals surface area contributed by atoms with E-state index in [0.717, 1.165) is 0 Å². The number of methoxy groups -OCH3 is 1. The molecule has 3 heteroatoms. The topological polar surface area (TPSA) is 26.3 Å². The first-order valence-corrected chi connectivity index (χ1v) is 4.26. The zero-order valence-electron chi connectivity index (χ0n) is 7.38. The Morgan fingerprint density at radius 1 is 1.45 bits per heavy atom. The Morgan fingerprint density at radius 3 is 2.36 bits per heavy atom. The van der Waals surface area contributed by atoms with Crippen LogP contribution in [0.2, 0.25) is 0 Å². The molecule has 0 saturated carbocycles. The summed E-state index contributed by atoms with van der Waals surface area (Å²) in [5.41, 5.74) is 0. The van der Waals surface area contributed by atoms with Crippen molar-refractivity contribution in [3.63, 3.8) is 0 Å². The molecule has 0 saturated heterocycles. The van der Waals surface area contributed by atoms with E-state index in [4.69, 9.17) is 0 Å². The normalized spacial score (nSPS) is 12.0. The lowest BCUT2D eigenvalue weighted by Gasteiger charge is -2.13. The number of ether oxygens (including phenoxy) is 1. The Morgan fingerprint density at radius 2 is 2.00 bits per heavy atom. The van der Waals surface area contributed by atoms with Gasteiger partial charge in [0.2, 0.25) is 0 Å². The fraction of sp³-hybridized carbons (Fsp3) is 0.625. The molecular weight excluding hydrogens is 160 g/mol. The summed E-state index contributed by atoms with van der Waals surface area (Å²) in [7, 11) is 1.37. The molecule has 11 heavy (non-hydrogen) atoms. The maximum atomic E-state index is 10.6. The van der Waals surface area contributed by atoms with Crippen LogP contribution in [0.3, 0.4) is 0 Å². The summed E-state index contributed by atoms with van der Waals surface area (Å²) >= 11 is 1.60. The summed E-state index contributed by atoms with van der Waals surface area (Å²) in [5.74, 6) is -0.304. The van der Waals surface area contributed by atoms with E-state index in [1.54, 1.807) is 17.2 Å². The van der Waals surface area contributed by atoms with E-state index in [-0.39, 0.29) is 10.7 Å². The van der Waals surface area contributed by atoms with Crippen molar-refractivity contribution in [3.8, 4) is 0 Å². The third-order valence-electron chi connectivity index (χ3n) is 0.827. The molecule has 0 aromatic heterocycles. The van der Waals surface area contributed by atoms with Crippen LogP contribution >= 0.6 is 11.8 Å². The average Bonchev–Trinajstić information content (AvgIpc) is 1.85. The molecule has 0 aromatic carbocycles. The first-order chi connectivity index (χ1) is 4.95. The van der Waals surface area contributed by atoms with Crippen LogP contribution in [0.1, 0.15) is 20.8 Å². The van der Waals surface area contributed by atoms with Crippen molar-refractivity contribution < 1.29 is 9.53 Å². The molecule has 0 radical (unpaired) electrons. The van der Waals surface area contributed by atoms with Crippen molar-refractivity contribution in [1.82, 2.24) is 0 Å². The molecule has 0 atom stereocenters. The van der Waals surface area contributed by atoms with E-state index >= 15 is 0 Å². The van der Waals surface area contributed by atoms with Gasteiger partial charge >= 0.3 is 5.97 Å². The van der Waals surface area contributed by atoms with E-state index in [1.807, 2.05) is 0 Å². The van der Waals surface area contributed by atoms with Gasteiger partial charge in [0.25, 0.3) is 0 Å². The molecule has 0 unspecified atom stereocenters. The Labute approximate surface area is 72.0 Å². The standard InChI is InChI=1S/C8H14O2S/c1-8(2,3)11-6-5-7(9)10-4/h5-6H,1-4H3. The molecule has 0 spiro atoms. The van der Waals surface area contributed by atoms with Crippen LogP contribution < -0.4 is 0 Å². The van der Waals surface area contributed by atoms with E-state index in [2.05, 4.69) is 25.5 Å². The first kappa shape index (κ1) is 10.6. The van der Waals surface area contributed by atoms with Crippen molar-refractivity contribution in [1.29, 1.82) is 0 Å². The molecule has 0 fully saturated rings.